The number of amides is 4. The Morgan fingerprint density at radius 1 is 1.14 bits per heavy atom. The van der Waals surface area contributed by atoms with Gasteiger partial charge in [0.2, 0.25) is 11.8 Å². The zero-order chi connectivity index (χ0) is 29.8. The average Bonchev–Trinajstić information content (AvgIpc) is 3.31. The van der Waals surface area contributed by atoms with Gasteiger partial charge in [-0.05, 0) is 54.2 Å². The fourth-order valence-corrected chi connectivity index (χ4v) is 5.79. The predicted molar refractivity (Wildman–Crippen MR) is 155 cm³/mol. The molecule has 42 heavy (non-hydrogen) atoms. The van der Waals surface area contributed by atoms with Gasteiger partial charge in [-0.2, -0.15) is 5.01 Å². The first-order valence-electron chi connectivity index (χ1n) is 14.1. The third kappa shape index (κ3) is 6.13. The zero-order valence-corrected chi connectivity index (χ0v) is 23.6. The highest BCUT2D eigenvalue weighted by molar-refractivity contribution is 5.91. The molecule has 0 saturated carbocycles. The first-order valence-corrected chi connectivity index (χ1v) is 14.1. The summed E-state index contributed by atoms with van der Waals surface area (Å²) in [5.41, 5.74) is 2.87. The van der Waals surface area contributed by atoms with Gasteiger partial charge in [0.05, 0.1) is 19.6 Å². The molecule has 0 unspecified atom stereocenters. The van der Waals surface area contributed by atoms with E-state index in [1.807, 2.05) is 36.4 Å². The van der Waals surface area contributed by atoms with Gasteiger partial charge in [0, 0.05) is 19.5 Å². The first kappa shape index (κ1) is 29.2. The molecule has 2 fully saturated rings. The summed E-state index contributed by atoms with van der Waals surface area (Å²) in [5, 5.41) is 6.08. The molecule has 0 bridgehead atoms. The van der Waals surface area contributed by atoms with Gasteiger partial charge in [0.25, 0.3) is 0 Å². The summed E-state index contributed by atoms with van der Waals surface area (Å²) >= 11 is 0. The molecule has 4 amide bonds. The number of halogens is 2. The summed E-state index contributed by atoms with van der Waals surface area (Å²) in [5.74, 6) is -2.49. The zero-order valence-electron chi connectivity index (χ0n) is 23.6. The standard InChI is InChI=1S/C32H35F2N5O3/c1-3-14-37(32(42)35-18-24-12-8-5-9-13-24)38-21-30(40)39-28(16-23-10-6-4-7-11-23)31(41)36(20-29(38)39)19-25-17-27(34)26(33)15-22(25)2/h3-4,6-8,10-13,15,17,28-29H,1,5,9,14,16,18-21H2,2H3,(H,35,42)/t28-,29+/m0/s1. The molecule has 0 spiro atoms. The Labute approximate surface area is 244 Å². The van der Waals surface area contributed by atoms with Crippen molar-refractivity contribution in [2.24, 2.45) is 0 Å². The van der Waals surface area contributed by atoms with Crippen molar-refractivity contribution in [2.45, 2.75) is 44.9 Å². The van der Waals surface area contributed by atoms with Crippen LogP contribution in [0.5, 0.6) is 0 Å². The maximum Gasteiger partial charge on any atom is 0.332 e. The van der Waals surface area contributed by atoms with E-state index in [2.05, 4.69) is 24.0 Å². The van der Waals surface area contributed by atoms with Crippen molar-refractivity contribution in [1.29, 1.82) is 0 Å². The number of allylic oxidation sites excluding steroid dienone is 2. The minimum Gasteiger partial charge on any atom is -0.333 e. The number of hydrogen-bond acceptors (Lipinski definition) is 4. The van der Waals surface area contributed by atoms with Crippen LogP contribution in [-0.4, -0.2) is 76.0 Å². The van der Waals surface area contributed by atoms with Crippen LogP contribution in [0, 0.1) is 18.6 Å². The van der Waals surface area contributed by atoms with Crippen LogP contribution in [-0.2, 0) is 22.6 Å². The smallest absolute Gasteiger partial charge is 0.332 e. The molecule has 0 radical (unpaired) electrons. The van der Waals surface area contributed by atoms with Gasteiger partial charge >= 0.3 is 6.03 Å². The van der Waals surface area contributed by atoms with Gasteiger partial charge in [-0.3, -0.25) is 14.6 Å². The molecule has 3 aliphatic rings. The van der Waals surface area contributed by atoms with Gasteiger partial charge < -0.3 is 15.1 Å². The number of carbonyl (C=O) groups excluding carboxylic acids is 3. The lowest BCUT2D eigenvalue weighted by Crippen LogP contribution is -2.66. The summed E-state index contributed by atoms with van der Waals surface area (Å²) in [6.45, 7) is 5.99. The van der Waals surface area contributed by atoms with Crippen LogP contribution in [0.25, 0.3) is 0 Å². The minimum atomic E-state index is -0.989. The van der Waals surface area contributed by atoms with E-state index in [0.717, 1.165) is 36.1 Å². The Hall–Kier alpha value is -4.31. The Morgan fingerprint density at radius 2 is 1.90 bits per heavy atom. The van der Waals surface area contributed by atoms with Crippen molar-refractivity contribution in [3.63, 3.8) is 0 Å². The molecule has 1 aliphatic carbocycles. The molecule has 1 N–H and O–H groups in total. The molecule has 2 aromatic carbocycles. The molecular weight excluding hydrogens is 540 g/mol. The topological polar surface area (TPSA) is 76.2 Å². The fraction of sp³-hybridized carbons (Fsp3) is 0.344. The number of aryl methyl sites for hydroxylation is 1. The molecule has 2 saturated heterocycles. The van der Waals surface area contributed by atoms with Gasteiger partial charge in [-0.25, -0.2) is 13.6 Å². The largest absolute Gasteiger partial charge is 0.333 e. The van der Waals surface area contributed by atoms with Crippen molar-refractivity contribution in [1.82, 2.24) is 25.1 Å². The molecule has 220 valence electrons. The number of rotatable bonds is 9. The van der Waals surface area contributed by atoms with Crippen molar-refractivity contribution < 1.29 is 23.2 Å². The highest BCUT2D eigenvalue weighted by atomic mass is 19.2. The number of piperazine rings is 1. The van der Waals surface area contributed by atoms with Gasteiger partial charge in [0.1, 0.15) is 12.2 Å². The second-order valence-corrected chi connectivity index (χ2v) is 10.8. The number of urea groups is 1. The third-order valence-corrected chi connectivity index (χ3v) is 7.94. The van der Waals surface area contributed by atoms with Crippen LogP contribution in [0.4, 0.5) is 13.6 Å². The van der Waals surface area contributed by atoms with Crippen molar-refractivity contribution >= 4 is 17.8 Å². The van der Waals surface area contributed by atoms with Crippen LogP contribution in [0.1, 0.15) is 29.5 Å². The van der Waals surface area contributed by atoms with Crippen LogP contribution in [0.15, 0.2) is 78.9 Å². The quantitative estimate of drug-likeness (QED) is 0.458. The number of nitrogens with zero attached hydrogens (tertiary/aromatic N) is 4. The molecular formula is C32H35F2N5O3. The SMILES string of the molecule is C=CCN(C(=O)NCC1=CCCC=C1)N1CC(=O)N2[C@@H](Cc3ccccc3)C(=O)N(Cc3cc(F)c(F)cc3C)C[C@@H]21. The van der Waals surface area contributed by atoms with Crippen molar-refractivity contribution in [3.05, 3.63) is 107 Å². The second-order valence-electron chi connectivity index (χ2n) is 10.8. The average molecular weight is 576 g/mol. The molecule has 8 nitrogen and oxygen atoms in total. The molecule has 2 atom stereocenters. The highest BCUT2D eigenvalue weighted by Crippen LogP contribution is 2.31. The number of nitrogens with one attached hydrogen (secondary N) is 1. The number of carbonyl (C=O) groups is 3. The number of benzene rings is 2. The second kappa shape index (κ2) is 12.7. The summed E-state index contributed by atoms with van der Waals surface area (Å²) < 4.78 is 28.0. The van der Waals surface area contributed by atoms with E-state index in [1.54, 1.807) is 27.8 Å². The summed E-state index contributed by atoms with van der Waals surface area (Å²) in [6, 6.07) is 10.4. The lowest BCUT2D eigenvalue weighted by Gasteiger charge is -2.46. The highest BCUT2D eigenvalue weighted by Gasteiger charge is 2.52. The van der Waals surface area contributed by atoms with Crippen LogP contribution < -0.4 is 5.32 Å². The fourth-order valence-electron chi connectivity index (χ4n) is 5.79. The van der Waals surface area contributed by atoms with E-state index < -0.39 is 23.8 Å². The van der Waals surface area contributed by atoms with Gasteiger partial charge in [-0.15, -0.1) is 6.58 Å². The van der Waals surface area contributed by atoms with E-state index in [4.69, 9.17) is 0 Å². The number of hydrogen-bond donors (Lipinski definition) is 1. The number of hydrazine groups is 1. The maximum absolute atomic E-state index is 14.2. The van der Waals surface area contributed by atoms with Gasteiger partial charge in [-0.1, -0.05) is 54.6 Å². The van der Waals surface area contributed by atoms with E-state index in [9.17, 15) is 23.2 Å². The van der Waals surface area contributed by atoms with E-state index >= 15 is 0 Å². The summed E-state index contributed by atoms with van der Waals surface area (Å²) in [6.07, 6.45) is 9.24. The normalized spacial score (nSPS) is 20.4. The van der Waals surface area contributed by atoms with E-state index in [1.165, 1.54) is 5.01 Å². The lowest BCUT2D eigenvalue weighted by atomic mass is 9.99. The van der Waals surface area contributed by atoms with Gasteiger partial charge in [0.15, 0.2) is 11.6 Å². The summed E-state index contributed by atoms with van der Waals surface area (Å²) in [4.78, 5) is 44.0. The van der Waals surface area contributed by atoms with E-state index in [0.29, 0.717) is 17.7 Å². The Kier molecular flexibility index (Phi) is 8.82. The molecule has 2 aromatic rings. The van der Waals surface area contributed by atoms with Crippen LogP contribution in [0.3, 0.4) is 0 Å². The Balaban J connectivity index is 1.44. The van der Waals surface area contributed by atoms with E-state index in [-0.39, 0.29) is 50.4 Å². The van der Waals surface area contributed by atoms with Crippen LogP contribution in [0.2, 0.25) is 0 Å². The summed E-state index contributed by atoms with van der Waals surface area (Å²) in [7, 11) is 0. The molecule has 0 aromatic heterocycles. The molecule has 2 aliphatic heterocycles. The van der Waals surface area contributed by atoms with Crippen LogP contribution >= 0.6 is 0 Å². The molecule has 5 rings (SSSR count). The molecule has 2 heterocycles. The maximum atomic E-state index is 14.2. The lowest BCUT2D eigenvalue weighted by molar-refractivity contribution is -0.157. The third-order valence-electron chi connectivity index (χ3n) is 7.94. The van der Waals surface area contributed by atoms with Crippen molar-refractivity contribution in [2.75, 3.05) is 26.2 Å². The monoisotopic (exact) mass is 575 g/mol. The number of fused-ring (bicyclic) bond motifs is 1. The minimum absolute atomic E-state index is 0.0354. The Bertz CT molecular complexity index is 1430. The first-order chi connectivity index (χ1) is 20.3. The molecule has 10 heteroatoms. The Morgan fingerprint density at radius 3 is 2.62 bits per heavy atom. The van der Waals surface area contributed by atoms with Crippen molar-refractivity contribution in [3.8, 4) is 0 Å². The predicted octanol–water partition coefficient (Wildman–Crippen LogP) is 4.09.